The van der Waals surface area contributed by atoms with Crippen molar-refractivity contribution < 1.29 is 0 Å². The number of H-pyrrole nitrogens is 1. The zero-order valence-corrected chi connectivity index (χ0v) is 10.5. The van der Waals surface area contributed by atoms with Gasteiger partial charge in [0.15, 0.2) is 0 Å². The SMILES string of the molecule is CCn1cc(-c2cn(C(C)C)c(=O)[nH]c2=O)nn1. The molecule has 0 saturated carbocycles. The standard InChI is InChI=1S/C11H15N5O2/c1-4-15-6-9(13-14-15)8-5-16(7(2)3)11(18)12-10(8)17/h5-7H,4H2,1-3H3,(H,12,17,18). The maximum Gasteiger partial charge on any atom is 0.328 e. The van der Waals surface area contributed by atoms with E-state index >= 15 is 0 Å². The molecule has 0 aliphatic carbocycles. The Morgan fingerprint density at radius 3 is 2.61 bits per heavy atom. The number of aryl methyl sites for hydroxylation is 1. The van der Waals surface area contributed by atoms with Crippen LogP contribution in [0.4, 0.5) is 0 Å². The lowest BCUT2D eigenvalue weighted by molar-refractivity contribution is 0.562. The first-order chi connectivity index (χ1) is 8.52. The molecule has 0 radical (unpaired) electrons. The third kappa shape index (κ3) is 2.11. The van der Waals surface area contributed by atoms with Crippen LogP contribution in [-0.4, -0.2) is 24.5 Å². The van der Waals surface area contributed by atoms with Gasteiger partial charge in [-0.3, -0.25) is 19.0 Å². The Morgan fingerprint density at radius 1 is 1.33 bits per heavy atom. The van der Waals surface area contributed by atoms with E-state index in [0.717, 1.165) is 0 Å². The molecule has 0 unspecified atom stereocenters. The van der Waals surface area contributed by atoms with Crippen molar-refractivity contribution in [1.29, 1.82) is 0 Å². The van der Waals surface area contributed by atoms with E-state index in [-0.39, 0.29) is 6.04 Å². The molecule has 0 atom stereocenters. The van der Waals surface area contributed by atoms with Gasteiger partial charge in [-0.15, -0.1) is 5.10 Å². The number of rotatable bonds is 3. The van der Waals surface area contributed by atoms with Gasteiger partial charge >= 0.3 is 5.69 Å². The summed E-state index contributed by atoms with van der Waals surface area (Å²) >= 11 is 0. The average molecular weight is 249 g/mol. The van der Waals surface area contributed by atoms with Crippen LogP contribution >= 0.6 is 0 Å². The quantitative estimate of drug-likeness (QED) is 0.853. The largest absolute Gasteiger partial charge is 0.328 e. The summed E-state index contributed by atoms with van der Waals surface area (Å²) in [7, 11) is 0. The number of hydrogen-bond donors (Lipinski definition) is 1. The number of hydrogen-bond acceptors (Lipinski definition) is 4. The molecule has 0 amide bonds. The predicted molar refractivity (Wildman–Crippen MR) is 66.4 cm³/mol. The van der Waals surface area contributed by atoms with E-state index in [1.165, 1.54) is 10.8 Å². The van der Waals surface area contributed by atoms with E-state index in [9.17, 15) is 9.59 Å². The molecule has 0 aliphatic rings. The molecule has 0 saturated heterocycles. The molecular weight excluding hydrogens is 234 g/mol. The smallest absolute Gasteiger partial charge is 0.297 e. The fraction of sp³-hybridized carbons (Fsp3) is 0.455. The summed E-state index contributed by atoms with van der Waals surface area (Å²) in [4.78, 5) is 25.6. The van der Waals surface area contributed by atoms with E-state index in [1.54, 1.807) is 10.9 Å². The first kappa shape index (κ1) is 12.3. The fourth-order valence-corrected chi connectivity index (χ4v) is 1.63. The van der Waals surface area contributed by atoms with Crippen molar-refractivity contribution in [3.8, 4) is 11.3 Å². The Bertz CT molecular complexity index is 665. The number of aromatic amines is 1. The van der Waals surface area contributed by atoms with Crippen molar-refractivity contribution in [2.45, 2.75) is 33.4 Å². The van der Waals surface area contributed by atoms with Crippen LogP contribution in [0.15, 0.2) is 22.0 Å². The summed E-state index contributed by atoms with van der Waals surface area (Å²) < 4.78 is 3.08. The summed E-state index contributed by atoms with van der Waals surface area (Å²) in [6, 6.07) is -0.0330. The van der Waals surface area contributed by atoms with Crippen molar-refractivity contribution in [3.63, 3.8) is 0 Å². The lowest BCUT2D eigenvalue weighted by Gasteiger charge is -2.09. The predicted octanol–water partition coefficient (Wildman–Crippen LogP) is 0.396. The summed E-state index contributed by atoms with van der Waals surface area (Å²) in [6.45, 7) is 6.34. The van der Waals surface area contributed by atoms with Crippen molar-refractivity contribution in [3.05, 3.63) is 33.2 Å². The Balaban J connectivity index is 2.60. The molecule has 1 N–H and O–H groups in total. The van der Waals surface area contributed by atoms with Crippen LogP contribution in [0.25, 0.3) is 11.3 Å². The average Bonchev–Trinajstić information content (AvgIpc) is 2.77. The third-order valence-electron chi connectivity index (χ3n) is 2.66. The highest BCUT2D eigenvalue weighted by Gasteiger charge is 2.11. The van der Waals surface area contributed by atoms with Gasteiger partial charge in [0.1, 0.15) is 5.69 Å². The highest BCUT2D eigenvalue weighted by Crippen LogP contribution is 2.11. The maximum atomic E-state index is 11.8. The van der Waals surface area contributed by atoms with E-state index in [4.69, 9.17) is 0 Å². The normalized spacial score (nSPS) is 11.1. The van der Waals surface area contributed by atoms with Gasteiger partial charge in [0.2, 0.25) is 0 Å². The van der Waals surface area contributed by atoms with Crippen LogP contribution in [0.5, 0.6) is 0 Å². The first-order valence-corrected chi connectivity index (χ1v) is 5.79. The van der Waals surface area contributed by atoms with Gasteiger partial charge in [-0.25, -0.2) is 4.79 Å². The van der Waals surface area contributed by atoms with Crippen molar-refractivity contribution in [2.24, 2.45) is 0 Å². The zero-order valence-electron chi connectivity index (χ0n) is 10.5. The van der Waals surface area contributed by atoms with Crippen molar-refractivity contribution in [1.82, 2.24) is 24.5 Å². The summed E-state index contributed by atoms with van der Waals surface area (Å²) in [5.74, 6) is 0. The molecule has 0 aromatic carbocycles. The van der Waals surface area contributed by atoms with E-state index in [0.29, 0.717) is 17.8 Å². The highest BCUT2D eigenvalue weighted by atomic mass is 16.2. The first-order valence-electron chi connectivity index (χ1n) is 5.79. The van der Waals surface area contributed by atoms with Crippen LogP contribution < -0.4 is 11.2 Å². The molecule has 7 heteroatoms. The van der Waals surface area contributed by atoms with Gasteiger partial charge < -0.3 is 0 Å². The molecular formula is C11H15N5O2. The second kappa shape index (κ2) is 4.59. The van der Waals surface area contributed by atoms with E-state index in [2.05, 4.69) is 15.3 Å². The molecule has 0 bridgehead atoms. The molecule has 0 spiro atoms. The molecule has 0 fully saturated rings. The van der Waals surface area contributed by atoms with Crippen LogP contribution in [0.3, 0.4) is 0 Å². The molecule has 2 aromatic rings. The minimum Gasteiger partial charge on any atom is -0.297 e. The van der Waals surface area contributed by atoms with Crippen molar-refractivity contribution in [2.75, 3.05) is 0 Å². The molecule has 18 heavy (non-hydrogen) atoms. The van der Waals surface area contributed by atoms with E-state index < -0.39 is 11.2 Å². The molecule has 2 aromatic heterocycles. The minimum absolute atomic E-state index is 0.0330. The highest BCUT2D eigenvalue weighted by molar-refractivity contribution is 5.54. The Kier molecular flexibility index (Phi) is 3.14. The third-order valence-corrected chi connectivity index (χ3v) is 2.66. The molecule has 2 rings (SSSR count). The maximum absolute atomic E-state index is 11.8. The molecule has 0 aliphatic heterocycles. The fourth-order valence-electron chi connectivity index (χ4n) is 1.63. The monoisotopic (exact) mass is 249 g/mol. The summed E-state index contributed by atoms with van der Waals surface area (Å²) in [6.07, 6.45) is 3.20. The second-order valence-corrected chi connectivity index (χ2v) is 4.26. The molecule has 2 heterocycles. The van der Waals surface area contributed by atoms with Crippen LogP contribution in [0.2, 0.25) is 0 Å². The van der Waals surface area contributed by atoms with Gasteiger partial charge in [0.05, 0.1) is 11.8 Å². The Hall–Kier alpha value is -2.18. The topological polar surface area (TPSA) is 85.6 Å². The van der Waals surface area contributed by atoms with Gasteiger partial charge in [-0.05, 0) is 20.8 Å². The number of nitrogens with one attached hydrogen (secondary N) is 1. The zero-order chi connectivity index (χ0) is 13.3. The van der Waals surface area contributed by atoms with E-state index in [1.807, 2.05) is 20.8 Å². The van der Waals surface area contributed by atoms with Crippen LogP contribution in [0.1, 0.15) is 26.8 Å². The van der Waals surface area contributed by atoms with Gasteiger partial charge in [0.25, 0.3) is 5.56 Å². The second-order valence-electron chi connectivity index (χ2n) is 4.26. The summed E-state index contributed by atoms with van der Waals surface area (Å²) in [5.41, 5.74) is -0.0443. The van der Waals surface area contributed by atoms with Gasteiger partial charge in [0, 0.05) is 18.8 Å². The van der Waals surface area contributed by atoms with Gasteiger partial charge in [-0.1, -0.05) is 5.21 Å². The van der Waals surface area contributed by atoms with Crippen LogP contribution in [-0.2, 0) is 6.54 Å². The van der Waals surface area contributed by atoms with Gasteiger partial charge in [-0.2, -0.15) is 0 Å². The number of nitrogens with zero attached hydrogens (tertiary/aromatic N) is 4. The minimum atomic E-state index is -0.444. The Labute approximate surface area is 103 Å². The summed E-state index contributed by atoms with van der Waals surface area (Å²) in [5, 5.41) is 7.80. The van der Waals surface area contributed by atoms with Crippen LogP contribution in [0, 0.1) is 0 Å². The number of aromatic nitrogens is 5. The molecule has 96 valence electrons. The lowest BCUT2D eigenvalue weighted by Crippen LogP contribution is -2.31. The molecule has 7 nitrogen and oxygen atoms in total. The van der Waals surface area contributed by atoms with Crippen molar-refractivity contribution >= 4 is 0 Å². The lowest BCUT2D eigenvalue weighted by atomic mass is 10.2. The Morgan fingerprint density at radius 2 is 2.06 bits per heavy atom.